The summed E-state index contributed by atoms with van der Waals surface area (Å²) in [4.78, 5) is 13.4. The second kappa shape index (κ2) is 6.57. The first-order valence-electron chi connectivity index (χ1n) is 7.97. The fourth-order valence-electron chi connectivity index (χ4n) is 2.99. The molecule has 0 radical (unpaired) electrons. The van der Waals surface area contributed by atoms with Crippen molar-refractivity contribution in [3.63, 3.8) is 0 Å². The molecule has 3 rings (SSSR count). The maximum Gasteiger partial charge on any atom is 0.241 e. The van der Waals surface area contributed by atoms with Crippen LogP contribution < -0.4 is 9.62 Å². The van der Waals surface area contributed by atoms with Crippen molar-refractivity contribution >= 4 is 21.6 Å². The average molecular weight is 362 g/mol. The molecule has 25 heavy (non-hydrogen) atoms. The molecule has 5 nitrogen and oxygen atoms in total. The van der Waals surface area contributed by atoms with Gasteiger partial charge in [0, 0.05) is 25.2 Å². The molecule has 1 heterocycles. The van der Waals surface area contributed by atoms with Gasteiger partial charge in [-0.1, -0.05) is 12.1 Å². The molecule has 1 atom stereocenters. The molecule has 0 spiro atoms. The lowest BCUT2D eigenvalue weighted by molar-refractivity contribution is -0.116. The van der Waals surface area contributed by atoms with Gasteiger partial charge in [0.2, 0.25) is 15.9 Å². The number of nitrogens with one attached hydrogen (secondary N) is 1. The first kappa shape index (κ1) is 17.6. The van der Waals surface area contributed by atoms with Crippen LogP contribution in [0.15, 0.2) is 47.4 Å². The minimum Gasteiger partial charge on any atom is -0.312 e. The number of anilines is 1. The number of nitrogens with zero attached hydrogens (tertiary/aromatic N) is 1. The summed E-state index contributed by atoms with van der Waals surface area (Å²) < 4.78 is 40.9. The number of rotatable bonds is 4. The Hall–Kier alpha value is -2.25. The van der Waals surface area contributed by atoms with Crippen molar-refractivity contribution in [3.8, 4) is 0 Å². The van der Waals surface area contributed by atoms with E-state index in [1.54, 1.807) is 36.1 Å². The van der Waals surface area contributed by atoms with Crippen molar-refractivity contribution in [1.29, 1.82) is 0 Å². The fraction of sp³-hybridized carbons (Fsp3) is 0.278. The summed E-state index contributed by atoms with van der Waals surface area (Å²) in [5.74, 6) is -0.426. The molecular weight excluding hydrogens is 343 g/mol. The van der Waals surface area contributed by atoms with Crippen LogP contribution >= 0.6 is 0 Å². The second-order valence-corrected chi connectivity index (χ2v) is 7.82. The van der Waals surface area contributed by atoms with E-state index in [2.05, 4.69) is 4.72 Å². The Morgan fingerprint density at radius 3 is 2.52 bits per heavy atom. The van der Waals surface area contributed by atoms with Crippen molar-refractivity contribution < 1.29 is 17.6 Å². The highest BCUT2D eigenvalue weighted by Crippen LogP contribution is 2.30. The average Bonchev–Trinajstić information content (AvgIpc) is 2.98. The molecule has 1 aliphatic rings. The molecule has 1 amide bonds. The van der Waals surface area contributed by atoms with Crippen molar-refractivity contribution in [3.05, 3.63) is 59.4 Å². The number of hydrogen-bond acceptors (Lipinski definition) is 3. The maximum atomic E-state index is 13.0. The third-order valence-electron chi connectivity index (χ3n) is 4.34. The normalized spacial score (nSPS) is 15.1. The zero-order valence-electron chi connectivity index (χ0n) is 14.0. The SMILES string of the molecule is CC(=O)N1CCc2cc(S(=O)(=O)N[C@@H](C)c3ccc(F)cc3)ccc21. The zero-order chi connectivity index (χ0) is 18.2. The number of carbonyl (C=O) groups excluding carboxylic acids is 1. The summed E-state index contributed by atoms with van der Waals surface area (Å²) in [6.07, 6.45) is 0.631. The number of amides is 1. The van der Waals surface area contributed by atoms with Crippen LogP contribution in [0.2, 0.25) is 0 Å². The van der Waals surface area contributed by atoms with E-state index in [9.17, 15) is 17.6 Å². The van der Waals surface area contributed by atoms with E-state index in [1.165, 1.54) is 25.1 Å². The van der Waals surface area contributed by atoms with E-state index >= 15 is 0 Å². The van der Waals surface area contributed by atoms with Gasteiger partial charge in [0.05, 0.1) is 4.90 Å². The van der Waals surface area contributed by atoms with Gasteiger partial charge in [-0.05, 0) is 54.8 Å². The summed E-state index contributed by atoms with van der Waals surface area (Å²) in [7, 11) is -3.72. The van der Waals surface area contributed by atoms with Gasteiger partial charge in [-0.25, -0.2) is 17.5 Å². The number of halogens is 1. The third-order valence-corrected chi connectivity index (χ3v) is 5.88. The highest BCUT2D eigenvalue weighted by molar-refractivity contribution is 7.89. The summed E-state index contributed by atoms with van der Waals surface area (Å²) in [5, 5.41) is 0. The highest BCUT2D eigenvalue weighted by Gasteiger charge is 2.25. The Morgan fingerprint density at radius 1 is 1.20 bits per heavy atom. The molecule has 7 heteroatoms. The topological polar surface area (TPSA) is 66.5 Å². The van der Waals surface area contributed by atoms with Crippen molar-refractivity contribution in [1.82, 2.24) is 4.72 Å². The van der Waals surface area contributed by atoms with Gasteiger partial charge in [0.15, 0.2) is 0 Å². The molecule has 0 fully saturated rings. The zero-order valence-corrected chi connectivity index (χ0v) is 14.8. The van der Waals surface area contributed by atoms with Crippen LogP contribution in [0.5, 0.6) is 0 Å². The van der Waals surface area contributed by atoms with Crippen LogP contribution in [-0.2, 0) is 21.2 Å². The third kappa shape index (κ3) is 3.57. The van der Waals surface area contributed by atoms with Crippen molar-refractivity contribution in [2.45, 2.75) is 31.2 Å². The molecule has 132 valence electrons. The molecule has 0 unspecified atom stereocenters. The fourth-order valence-corrected chi connectivity index (χ4v) is 4.27. The molecule has 0 aliphatic carbocycles. The Morgan fingerprint density at radius 2 is 1.88 bits per heavy atom. The summed E-state index contributed by atoms with van der Waals surface area (Å²) >= 11 is 0. The van der Waals surface area contributed by atoms with Crippen LogP contribution in [0.3, 0.4) is 0 Å². The Bertz CT molecular complexity index is 910. The molecule has 2 aromatic carbocycles. The van der Waals surface area contributed by atoms with E-state index in [-0.39, 0.29) is 16.6 Å². The highest BCUT2D eigenvalue weighted by atomic mass is 32.2. The van der Waals surface area contributed by atoms with Gasteiger partial charge in [-0.3, -0.25) is 4.79 Å². The van der Waals surface area contributed by atoms with Crippen LogP contribution in [0, 0.1) is 5.82 Å². The quantitative estimate of drug-likeness (QED) is 0.909. The second-order valence-electron chi connectivity index (χ2n) is 6.11. The minimum absolute atomic E-state index is 0.0579. The number of benzene rings is 2. The van der Waals surface area contributed by atoms with Gasteiger partial charge in [0.25, 0.3) is 0 Å². The van der Waals surface area contributed by atoms with Crippen LogP contribution in [0.4, 0.5) is 10.1 Å². The molecule has 0 saturated heterocycles. The Labute approximate surface area is 146 Å². The predicted octanol–water partition coefficient (Wildman–Crippen LogP) is 2.77. The smallest absolute Gasteiger partial charge is 0.241 e. The number of sulfonamides is 1. The van der Waals surface area contributed by atoms with Gasteiger partial charge in [0.1, 0.15) is 5.82 Å². The summed E-state index contributed by atoms with van der Waals surface area (Å²) in [5.41, 5.74) is 2.28. The molecule has 1 aliphatic heterocycles. The summed E-state index contributed by atoms with van der Waals surface area (Å²) in [6.45, 7) is 3.76. The maximum absolute atomic E-state index is 13.0. The lowest BCUT2D eigenvalue weighted by Gasteiger charge is -2.17. The first-order chi connectivity index (χ1) is 11.8. The van der Waals surface area contributed by atoms with Crippen molar-refractivity contribution in [2.24, 2.45) is 0 Å². The standard InChI is InChI=1S/C18H19FN2O3S/c1-12(14-3-5-16(19)6-4-14)20-25(23,24)17-7-8-18-15(11-17)9-10-21(18)13(2)22/h3-8,11-12,20H,9-10H2,1-2H3/t12-/m0/s1. The molecule has 0 aromatic heterocycles. The van der Waals surface area contributed by atoms with E-state index in [4.69, 9.17) is 0 Å². The number of fused-ring (bicyclic) bond motifs is 1. The van der Waals surface area contributed by atoms with Crippen LogP contribution in [0.1, 0.15) is 31.0 Å². The minimum atomic E-state index is -3.72. The van der Waals surface area contributed by atoms with Gasteiger partial charge < -0.3 is 4.90 Å². The Balaban J connectivity index is 1.83. The van der Waals surface area contributed by atoms with E-state index < -0.39 is 16.1 Å². The first-order valence-corrected chi connectivity index (χ1v) is 9.45. The molecule has 0 bridgehead atoms. The predicted molar refractivity (Wildman–Crippen MR) is 93.3 cm³/mol. The Kier molecular flexibility index (Phi) is 4.62. The lowest BCUT2D eigenvalue weighted by atomic mass is 10.1. The number of carbonyl (C=O) groups is 1. The molecule has 2 aromatic rings. The molecular formula is C18H19FN2O3S. The monoisotopic (exact) mass is 362 g/mol. The summed E-state index contributed by atoms with van der Waals surface area (Å²) in [6, 6.07) is 9.98. The van der Waals surface area contributed by atoms with Gasteiger partial charge >= 0.3 is 0 Å². The van der Waals surface area contributed by atoms with E-state index in [0.29, 0.717) is 18.5 Å². The van der Waals surface area contributed by atoms with E-state index in [1.807, 2.05) is 0 Å². The van der Waals surface area contributed by atoms with Crippen LogP contribution in [0.25, 0.3) is 0 Å². The van der Waals surface area contributed by atoms with Crippen LogP contribution in [-0.4, -0.2) is 20.9 Å². The lowest BCUT2D eigenvalue weighted by Crippen LogP contribution is -2.27. The van der Waals surface area contributed by atoms with Gasteiger partial charge in [-0.15, -0.1) is 0 Å². The van der Waals surface area contributed by atoms with Gasteiger partial charge in [-0.2, -0.15) is 0 Å². The number of hydrogen-bond donors (Lipinski definition) is 1. The van der Waals surface area contributed by atoms with Crippen molar-refractivity contribution in [2.75, 3.05) is 11.4 Å². The largest absolute Gasteiger partial charge is 0.312 e. The molecule has 1 N–H and O–H groups in total. The van der Waals surface area contributed by atoms with E-state index in [0.717, 1.165) is 11.3 Å². The molecule has 0 saturated carbocycles.